The van der Waals surface area contributed by atoms with Gasteiger partial charge in [0.2, 0.25) is 0 Å². The maximum Gasteiger partial charge on any atom is 0.266 e. The number of anilines is 3. The summed E-state index contributed by atoms with van der Waals surface area (Å²) in [5, 5.41) is 5.48. The first-order chi connectivity index (χ1) is 13.2. The second-order valence-corrected chi connectivity index (χ2v) is 7.67. The molecule has 1 amide bonds. The Kier molecular flexibility index (Phi) is 5.27. The van der Waals surface area contributed by atoms with E-state index in [9.17, 15) is 4.79 Å². The Morgan fingerprint density at radius 3 is 2.41 bits per heavy atom. The zero-order valence-corrected chi connectivity index (χ0v) is 16.2. The first-order valence-electron chi connectivity index (χ1n) is 8.75. The highest BCUT2D eigenvalue weighted by molar-refractivity contribution is 7.12. The Balaban J connectivity index is 1.35. The number of pyridine rings is 1. The highest BCUT2D eigenvalue weighted by atomic mass is 35.5. The van der Waals surface area contributed by atoms with Crippen molar-refractivity contribution in [3.8, 4) is 0 Å². The van der Waals surface area contributed by atoms with Crippen LogP contribution in [0.1, 0.15) is 9.67 Å². The Morgan fingerprint density at radius 1 is 1.00 bits per heavy atom. The Morgan fingerprint density at radius 2 is 1.78 bits per heavy atom. The number of piperazine rings is 1. The summed E-state index contributed by atoms with van der Waals surface area (Å²) in [6.45, 7) is 3.68. The van der Waals surface area contributed by atoms with E-state index in [1.54, 1.807) is 6.07 Å². The van der Waals surface area contributed by atoms with Gasteiger partial charge in [-0.05, 0) is 41.8 Å². The van der Waals surface area contributed by atoms with Crippen molar-refractivity contribution in [2.45, 2.75) is 0 Å². The molecule has 4 rings (SSSR count). The van der Waals surface area contributed by atoms with Crippen LogP contribution in [-0.4, -0.2) is 37.1 Å². The first kappa shape index (κ1) is 17.8. The minimum atomic E-state index is -0.125. The first-order valence-corrected chi connectivity index (χ1v) is 10.0. The molecule has 1 N–H and O–H groups in total. The predicted octanol–water partition coefficient (Wildman–Crippen LogP) is 4.38. The van der Waals surface area contributed by atoms with E-state index in [4.69, 9.17) is 11.6 Å². The Labute approximate surface area is 167 Å². The van der Waals surface area contributed by atoms with Crippen molar-refractivity contribution in [1.29, 1.82) is 0 Å². The average Bonchev–Trinajstić information content (AvgIpc) is 3.24. The van der Waals surface area contributed by atoms with Crippen molar-refractivity contribution >= 4 is 46.0 Å². The highest BCUT2D eigenvalue weighted by Gasteiger charge is 2.18. The minimum absolute atomic E-state index is 0.125. The maximum atomic E-state index is 12.1. The molecule has 1 saturated heterocycles. The predicted molar refractivity (Wildman–Crippen MR) is 112 cm³/mol. The van der Waals surface area contributed by atoms with Crippen LogP contribution >= 0.6 is 22.9 Å². The molecule has 0 saturated carbocycles. The van der Waals surface area contributed by atoms with Crippen molar-refractivity contribution in [1.82, 2.24) is 4.98 Å². The third-order valence-corrected chi connectivity index (χ3v) is 5.66. The van der Waals surface area contributed by atoms with Crippen molar-refractivity contribution < 1.29 is 4.79 Å². The lowest BCUT2D eigenvalue weighted by Gasteiger charge is -2.37. The fourth-order valence-electron chi connectivity index (χ4n) is 3.13. The SMILES string of the molecule is O=C(Nc1ccc(N2CCN(c3cccc(Cl)c3)CC2)cn1)c1cccs1. The number of hydrogen-bond donors (Lipinski definition) is 1. The monoisotopic (exact) mass is 398 g/mol. The molecule has 1 aliphatic rings. The van der Waals surface area contributed by atoms with Gasteiger partial charge in [-0.15, -0.1) is 11.3 Å². The van der Waals surface area contributed by atoms with E-state index < -0.39 is 0 Å². The van der Waals surface area contributed by atoms with E-state index in [0.717, 1.165) is 42.6 Å². The van der Waals surface area contributed by atoms with Gasteiger partial charge in [0.1, 0.15) is 5.82 Å². The molecule has 2 aromatic heterocycles. The smallest absolute Gasteiger partial charge is 0.266 e. The van der Waals surface area contributed by atoms with E-state index >= 15 is 0 Å². The summed E-state index contributed by atoms with van der Waals surface area (Å²) in [6.07, 6.45) is 1.82. The summed E-state index contributed by atoms with van der Waals surface area (Å²) in [5.74, 6) is 0.440. The van der Waals surface area contributed by atoms with Crippen LogP contribution in [-0.2, 0) is 0 Å². The number of amides is 1. The number of carbonyl (C=O) groups excluding carboxylic acids is 1. The number of carbonyl (C=O) groups is 1. The molecule has 3 heterocycles. The highest BCUT2D eigenvalue weighted by Crippen LogP contribution is 2.23. The number of halogens is 1. The lowest BCUT2D eigenvalue weighted by molar-refractivity contribution is 0.103. The molecule has 0 atom stereocenters. The third-order valence-electron chi connectivity index (χ3n) is 4.55. The van der Waals surface area contributed by atoms with Crippen molar-refractivity contribution in [2.24, 2.45) is 0 Å². The molecule has 1 fully saturated rings. The molecule has 0 spiro atoms. The average molecular weight is 399 g/mol. The van der Waals surface area contributed by atoms with Crippen molar-refractivity contribution in [2.75, 3.05) is 41.3 Å². The van der Waals surface area contributed by atoms with Gasteiger partial charge in [0.25, 0.3) is 5.91 Å². The van der Waals surface area contributed by atoms with Gasteiger partial charge >= 0.3 is 0 Å². The number of hydrogen-bond acceptors (Lipinski definition) is 5. The number of benzene rings is 1. The van der Waals surface area contributed by atoms with E-state index in [2.05, 4.69) is 26.2 Å². The zero-order chi connectivity index (χ0) is 18.6. The number of rotatable bonds is 4. The fourth-order valence-corrected chi connectivity index (χ4v) is 3.93. The van der Waals surface area contributed by atoms with E-state index in [-0.39, 0.29) is 5.91 Å². The van der Waals surface area contributed by atoms with Gasteiger partial charge in [-0.3, -0.25) is 4.79 Å². The quantitative estimate of drug-likeness (QED) is 0.708. The summed E-state index contributed by atoms with van der Waals surface area (Å²) in [5.41, 5.74) is 2.22. The van der Waals surface area contributed by atoms with Gasteiger partial charge in [-0.1, -0.05) is 23.7 Å². The summed E-state index contributed by atoms with van der Waals surface area (Å²) in [7, 11) is 0. The van der Waals surface area contributed by atoms with Crippen LogP contribution in [0.5, 0.6) is 0 Å². The van der Waals surface area contributed by atoms with Gasteiger partial charge in [-0.25, -0.2) is 4.98 Å². The number of aromatic nitrogens is 1. The molecular weight excluding hydrogens is 380 g/mol. The molecule has 1 aromatic carbocycles. The van der Waals surface area contributed by atoms with Crippen LogP contribution in [0.3, 0.4) is 0 Å². The van der Waals surface area contributed by atoms with E-state index in [0.29, 0.717) is 10.7 Å². The minimum Gasteiger partial charge on any atom is -0.368 e. The van der Waals surface area contributed by atoms with E-state index in [1.807, 2.05) is 48.0 Å². The van der Waals surface area contributed by atoms with Gasteiger partial charge in [0.05, 0.1) is 16.8 Å². The molecule has 0 unspecified atom stereocenters. The zero-order valence-electron chi connectivity index (χ0n) is 14.6. The van der Waals surface area contributed by atoms with Gasteiger partial charge in [-0.2, -0.15) is 0 Å². The van der Waals surface area contributed by atoms with Crippen LogP contribution in [0, 0.1) is 0 Å². The van der Waals surface area contributed by atoms with Crippen molar-refractivity contribution in [3.63, 3.8) is 0 Å². The molecule has 5 nitrogen and oxygen atoms in total. The molecule has 27 heavy (non-hydrogen) atoms. The molecule has 138 valence electrons. The molecular formula is C20H19ClN4OS. The molecule has 0 bridgehead atoms. The molecule has 7 heteroatoms. The summed E-state index contributed by atoms with van der Waals surface area (Å²) in [6, 6.07) is 15.5. The van der Waals surface area contributed by atoms with Crippen molar-refractivity contribution in [3.05, 3.63) is 70.0 Å². The number of nitrogens with one attached hydrogen (secondary N) is 1. The fraction of sp³-hybridized carbons (Fsp3) is 0.200. The third kappa shape index (κ3) is 4.23. The summed E-state index contributed by atoms with van der Waals surface area (Å²) < 4.78 is 0. The number of thiophene rings is 1. The molecule has 3 aromatic rings. The van der Waals surface area contributed by atoms with Gasteiger partial charge in [0.15, 0.2) is 0 Å². The van der Waals surface area contributed by atoms with Crippen LogP contribution < -0.4 is 15.1 Å². The van der Waals surface area contributed by atoms with Crippen LogP contribution in [0.25, 0.3) is 0 Å². The van der Waals surface area contributed by atoms with Gasteiger partial charge in [0, 0.05) is 36.9 Å². The van der Waals surface area contributed by atoms with Crippen LogP contribution in [0.4, 0.5) is 17.2 Å². The largest absolute Gasteiger partial charge is 0.368 e. The molecule has 0 radical (unpaired) electrons. The normalized spacial score (nSPS) is 14.3. The lowest BCUT2D eigenvalue weighted by Crippen LogP contribution is -2.46. The summed E-state index contributed by atoms with van der Waals surface area (Å²) in [4.78, 5) is 21.8. The summed E-state index contributed by atoms with van der Waals surface area (Å²) >= 11 is 7.51. The van der Waals surface area contributed by atoms with Crippen LogP contribution in [0.2, 0.25) is 5.02 Å². The van der Waals surface area contributed by atoms with E-state index in [1.165, 1.54) is 11.3 Å². The standard InChI is InChI=1S/C20H19ClN4OS/c21-15-3-1-4-16(13-15)24-8-10-25(11-9-24)17-6-7-19(22-14-17)23-20(26)18-5-2-12-27-18/h1-7,12-14H,8-11H2,(H,22,23,26). The van der Waals surface area contributed by atoms with Crippen LogP contribution in [0.15, 0.2) is 60.1 Å². The second-order valence-electron chi connectivity index (χ2n) is 6.29. The number of nitrogens with zero attached hydrogens (tertiary/aromatic N) is 3. The maximum absolute atomic E-state index is 12.1. The second kappa shape index (κ2) is 7.98. The topological polar surface area (TPSA) is 48.5 Å². The van der Waals surface area contributed by atoms with Gasteiger partial charge < -0.3 is 15.1 Å². The molecule has 1 aliphatic heterocycles. The molecule has 0 aliphatic carbocycles. The Bertz CT molecular complexity index is 906. The Hall–Kier alpha value is -2.57. The lowest BCUT2D eigenvalue weighted by atomic mass is 10.2.